The Labute approximate surface area is 127 Å². The first-order chi connectivity index (χ1) is 10.1. The molecule has 0 saturated heterocycles. The van der Waals surface area contributed by atoms with Gasteiger partial charge in [0.1, 0.15) is 0 Å². The predicted molar refractivity (Wildman–Crippen MR) is 86.8 cm³/mol. The minimum atomic E-state index is -0.274. The topological polar surface area (TPSA) is 45.1 Å². The molecule has 1 aromatic heterocycles. The van der Waals surface area contributed by atoms with E-state index in [0.29, 0.717) is 12.5 Å². The second-order valence-corrected chi connectivity index (χ2v) is 5.83. The molecule has 2 rings (SSSR count). The van der Waals surface area contributed by atoms with Crippen molar-refractivity contribution in [1.82, 2.24) is 10.3 Å². The molecule has 2 N–H and O–H groups in total. The van der Waals surface area contributed by atoms with Crippen LogP contribution in [-0.2, 0) is 6.54 Å². The highest BCUT2D eigenvalue weighted by Crippen LogP contribution is 2.17. The minimum absolute atomic E-state index is 0.274. The van der Waals surface area contributed by atoms with Crippen molar-refractivity contribution in [3.63, 3.8) is 0 Å². The van der Waals surface area contributed by atoms with Crippen molar-refractivity contribution in [2.75, 3.05) is 6.54 Å². The molecule has 2 aromatic rings. The van der Waals surface area contributed by atoms with Crippen molar-refractivity contribution in [3.05, 3.63) is 54.2 Å². The molecule has 1 atom stereocenters. The van der Waals surface area contributed by atoms with Crippen molar-refractivity contribution < 1.29 is 5.11 Å². The highest BCUT2D eigenvalue weighted by molar-refractivity contribution is 5.59. The zero-order chi connectivity index (χ0) is 15.1. The number of rotatable bonds is 7. The Kier molecular flexibility index (Phi) is 5.90. The summed E-state index contributed by atoms with van der Waals surface area (Å²) >= 11 is 0. The molecule has 0 aliphatic rings. The van der Waals surface area contributed by atoms with E-state index in [9.17, 15) is 5.11 Å². The van der Waals surface area contributed by atoms with E-state index in [4.69, 9.17) is 0 Å². The number of nitrogens with zero attached hydrogens (tertiary/aromatic N) is 1. The van der Waals surface area contributed by atoms with Gasteiger partial charge in [-0.2, -0.15) is 0 Å². The first-order valence-corrected chi connectivity index (χ1v) is 7.54. The summed E-state index contributed by atoms with van der Waals surface area (Å²) in [7, 11) is 0. The number of nitrogens with one attached hydrogen (secondary N) is 1. The standard InChI is InChI=1S/C18H24N2O/c1-14(2)10-17(21)13-19-12-15-6-5-7-16(11-15)18-8-3-4-9-20-18/h3-9,11,14,17,19,21H,10,12-13H2,1-2H3. The number of benzene rings is 1. The largest absolute Gasteiger partial charge is 0.392 e. The molecular weight excluding hydrogens is 260 g/mol. The number of aliphatic hydroxyl groups excluding tert-OH is 1. The zero-order valence-corrected chi connectivity index (χ0v) is 12.8. The monoisotopic (exact) mass is 284 g/mol. The van der Waals surface area contributed by atoms with E-state index in [1.807, 2.05) is 30.5 Å². The van der Waals surface area contributed by atoms with Gasteiger partial charge in [0.15, 0.2) is 0 Å². The Morgan fingerprint density at radius 3 is 2.71 bits per heavy atom. The second-order valence-electron chi connectivity index (χ2n) is 5.83. The number of pyridine rings is 1. The number of aromatic nitrogens is 1. The van der Waals surface area contributed by atoms with Crippen molar-refractivity contribution in [3.8, 4) is 11.3 Å². The highest BCUT2D eigenvalue weighted by atomic mass is 16.3. The van der Waals surface area contributed by atoms with E-state index in [-0.39, 0.29) is 6.10 Å². The lowest BCUT2D eigenvalue weighted by Gasteiger charge is -2.14. The first kappa shape index (κ1) is 15.7. The van der Waals surface area contributed by atoms with Crippen LogP contribution in [0, 0.1) is 5.92 Å². The van der Waals surface area contributed by atoms with Gasteiger partial charge >= 0.3 is 0 Å². The smallest absolute Gasteiger partial charge is 0.0702 e. The number of aliphatic hydroxyl groups is 1. The van der Waals surface area contributed by atoms with Gasteiger partial charge in [-0.25, -0.2) is 0 Å². The number of hydrogen-bond donors (Lipinski definition) is 2. The predicted octanol–water partition coefficient (Wildman–Crippen LogP) is 3.25. The summed E-state index contributed by atoms with van der Waals surface area (Å²) < 4.78 is 0. The van der Waals surface area contributed by atoms with Gasteiger partial charge in [0, 0.05) is 24.8 Å². The third-order valence-electron chi connectivity index (χ3n) is 3.34. The molecule has 3 heteroatoms. The fourth-order valence-electron chi connectivity index (χ4n) is 2.38. The van der Waals surface area contributed by atoms with Crippen molar-refractivity contribution in [2.45, 2.75) is 32.9 Å². The first-order valence-electron chi connectivity index (χ1n) is 7.54. The maximum Gasteiger partial charge on any atom is 0.0702 e. The van der Waals surface area contributed by atoms with Gasteiger partial charge in [-0.1, -0.05) is 38.1 Å². The van der Waals surface area contributed by atoms with Crippen LogP contribution in [0.15, 0.2) is 48.7 Å². The van der Waals surface area contributed by atoms with Crippen LogP contribution in [0.4, 0.5) is 0 Å². The van der Waals surface area contributed by atoms with Gasteiger partial charge in [0.2, 0.25) is 0 Å². The summed E-state index contributed by atoms with van der Waals surface area (Å²) in [6.07, 6.45) is 2.37. The third kappa shape index (κ3) is 5.29. The molecule has 0 aliphatic carbocycles. The van der Waals surface area contributed by atoms with Crippen LogP contribution in [0.2, 0.25) is 0 Å². The fraction of sp³-hybridized carbons (Fsp3) is 0.389. The Morgan fingerprint density at radius 2 is 2.00 bits per heavy atom. The van der Waals surface area contributed by atoms with Crippen LogP contribution in [0.25, 0.3) is 11.3 Å². The molecule has 1 aromatic carbocycles. The van der Waals surface area contributed by atoms with E-state index >= 15 is 0 Å². The highest BCUT2D eigenvalue weighted by Gasteiger charge is 2.06. The summed E-state index contributed by atoms with van der Waals surface area (Å²) in [6.45, 7) is 5.64. The normalized spacial score (nSPS) is 12.6. The molecule has 21 heavy (non-hydrogen) atoms. The molecule has 0 saturated carbocycles. The molecule has 0 spiro atoms. The van der Waals surface area contributed by atoms with Crippen molar-refractivity contribution in [1.29, 1.82) is 0 Å². The average molecular weight is 284 g/mol. The van der Waals surface area contributed by atoms with Crippen LogP contribution < -0.4 is 5.32 Å². The molecule has 1 heterocycles. The maximum atomic E-state index is 9.86. The summed E-state index contributed by atoms with van der Waals surface area (Å²) in [5.74, 6) is 0.522. The van der Waals surface area contributed by atoms with Gasteiger partial charge in [-0.3, -0.25) is 4.98 Å². The van der Waals surface area contributed by atoms with Crippen molar-refractivity contribution >= 4 is 0 Å². The molecule has 0 aliphatic heterocycles. The molecule has 0 bridgehead atoms. The van der Waals surface area contributed by atoms with E-state index in [1.54, 1.807) is 0 Å². The van der Waals surface area contributed by atoms with Gasteiger partial charge < -0.3 is 10.4 Å². The third-order valence-corrected chi connectivity index (χ3v) is 3.34. The average Bonchev–Trinajstić information content (AvgIpc) is 2.48. The SMILES string of the molecule is CC(C)CC(O)CNCc1cccc(-c2ccccn2)c1. The summed E-state index contributed by atoms with van der Waals surface area (Å²) in [6, 6.07) is 14.3. The Bertz CT molecular complexity index is 540. The van der Waals surface area contributed by atoms with Crippen LogP contribution in [0.5, 0.6) is 0 Å². The van der Waals surface area contributed by atoms with Crippen LogP contribution >= 0.6 is 0 Å². The summed E-state index contributed by atoms with van der Waals surface area (Å²) in [4.78, 5) is 4.37. The van der Waals surface area contributed by atoms with E-state index in [2.05, 4.69) is 42.3 Å². The maximum absolute atomic E-state index is 9.86. The van der Waals surface area contributed by atoms with Crippen molar-refractivity contribution in [2.24, 2.45) is 5.92 Å². The Balaban J connectivity index is 1.90. The fourth-order valence-corrected chi connectivity index (χ4v) is 2.38. The van der Waals surface area contributed by atoms with Gasteiger partial charge in [0.05, 0.1) is 11.8 Å². The quantitative estimate of drug-likeness (QED) is 0.820. The van der Waals surface area contributed by atoms with Gasteiger partial charge in [-0.15, -0.1) is 0 Å². The minimum Gasteiger partial charge on any atom is -0.392 e. The van der Waals surface area contributed by atoms with E-state index in [1.165, 1.54) is 5.56 Å². The van der Waals surface area contributed by atoms with Crippen LogP contribution in [0.1, 0.15) is 25.8 Å². The summed E-state index contributed by atoms with van der Waals surface area (Å²) in [5, 5.41) is 13.2. The molecule has 1 unspecified atom stereocenters. The Hall–Kier alpha value is -1.71. The van der Waals surface area contributed by atoms with Crippen LogP contribution in [0.3, 0.4) is 0 Å². The summed E-state index contributed by atoms with van der Waals surface area (Å²) in [5.41, 5.74) is 3.31. The lowest BCUT2D eigenvalue weighted by molar-refractivity contribution is 0.146. The van der Waals surface area contributed by atoms with Crippen LogP contribution in [-0.4, -0.2) is 22.7 Å². The lowest BCUT2D eigenvalue weighted by atomic mass is 10.1. The lowest BCUT2D eigenvalue weighted by Crippen LogP contribution is -2.27. The van der Waals surface area contributed by atoms with Gasteiger partial charge in [0.25, 0.3) is 0 Å². The Morgan fingerprint density at radius 1 is 1.14 bits per heavy atom. The molecular formula is C18H24N2O. The molecule has 112 valence electrons. The van der Waals surface area contributed by atoms with Gasteiger partial charge in [-0.05, 0) is 36.1 Å². The van der Waals surface area contributed by atoms with E-state index in [0.717, 1.165) is 24.2 Å². The molecule has 0 fully saturated rings. The second kappa shape index (κ2) is 7.91. The molecule has 0 amide bonds. The van der Waals surface area contributed by atoms with E-state index < -0.39 is 0 Å². The molecule has 0 radical (unpaired) electrons. The number of hydrogen-bond acceptors (Lipinski definition) is 3. The zero-order valence-electron chi connectivity index (χ0n) is 12.8. The molecule has 3 nitrogen and oxygen atoms in total.